The lowest BCUT2D eigenvalue weighted by atomic mass is 10.1. The van der Waals surface area contributed by atoms with E-state index in [2.05, 4.69) is 56.5 Å². The lowest BCUT2D eigenvalue weighted by molar-refractivity contribution is 0.111. The quantitative estimate of drug-likeness (QED) is 0.0249. The molecule has 0 saturated carbocycles. The van der Waals surface area contributed by atoms with Crippen molar-refractivity contribution in [2.75, 3.05) is 83.9 Å². The number of phenols is 2. The van der Waals surface area contributed by atoms with E-state index < -0.39 is 11.6 Å². The number of morpholine rings is 2. The summed E-state index contributed by atoms with van der Waals surface area (Å²) in [6.45, 7) is 4.61. The van der Waals surface area contributed by atoms with Crippen molar-refractivity contribution in [3.8, 4) is 33.8 Å². The molecule has 372 valence electrons. The zero-order valence-electron chi connectivity index (χ0n) is 39.1. The summed E-state index contributed by atoms with van der Waals surface area (Å²) in [5.41, 5.74) is 13.5. The number of carbonyl (C=O) groups excluding carboxylic acids is 1. The van der Waals surface area contributed by atoms with E-state index in [0.717, 1.165) is 57.4 Å². The van der Waals surface area contributed by atoms with Crippen LogP contribution in [0.2, 0.25) is 0 Å². The number of phenolic OH excluding ortho intramolecular Hbond substituents is 2. The Bertz CT molecular complexity index is 3070. The number of halogens is 2. The molecule has 4 aromatic carbocycles. The topological polar surface area (TPSA) is 246 Å². The molecule has 2 saturated heterocycles. The number of carbonyl (C=O) groups is 1. The second-order valence-electron chi connectivity index (χ2n) is 16.0. The van der Waals surface area contributed by atoms with Crippen LogP contribution in [0.3, 0.4) is 0 Å². The third-order valence-corrected chi connectivity index (χ3v) is 11.0. The smallest absolute Gasteiger partial charge is 0.245 e. The number of nitrogens with one attached hydrogen (secondary N) is 4. The van der Waals surface area contributed by atoms with Gasteiger partial charge in [0.25, 0.3) is 0 Å². The molecule has 0 aliphatic carbocycles. The Morgan fingerprint density at radius 3 is 1.44 bits per heavy atom. The highest BCUT2D eigenvalue weighted by Gasteiger charge is 2.19. The predicted molar refractivity (Wildman–Crippen MR) is 277 cm³/mol. The van der Waals surface area contributed by atoms with E-state index in [-0.39, 0.29) is 35.0 Å². The number of pyridine rings is 2. The van der Waals surface area contributed by atoms with Crippen LogP contribution in [0.1, 0.15) is 16.2 Å². The van der Waals surface area contributed by atoms with Crippen LogP contribution in [0.5, 0.6) is 11.5 Å². The highest BCUT2D eigenvalue weighted by molar-refractivity contribution is 5.78. The molecule has 4 aromatic heterocycles. The van der Waals surface area contributed by atoms with Crippen LogP contribution in [0.25, 0.3) is 22.3 Å². The van der Waals surface area contributed by atoms with Crippen molar-refractivity contribution in [3.05, 3.63) is 169 Å². The van der Waals surface area contributed by atoms with Gasteiger partial charge in [0.05, 0.1) is 74.5 Å². The van der Waals surface area contributed by atoms with Crippen LogP contribution in [-0.4, -0.2) is 105 Å². The van der Waals surface area contributed by atoms with Gasteiger partial charge in [0.15, 0.2) is 29.6 Å². The average molecular weight is 989 g/mol. The fourth-order valence-corrected chi connectivity index (χ4v) is 7.29. The lowest BCUT2D eigenvalue weighted by Crippen LogP contribution is -2.37. The number of nitrogen functional groups attached to an aromatic ring is 1. The standard InChI is InChI=1S/C26H24FN7O2.C18H14N2O2.C8H12FN5O/c27-24-17-29-26(32-25(24)34-10-12-36-13-11-34)33-30-16-21-8-9-22(15-28-21)31-20-6-4-18(5-7-20)19-2-1-3-23(35)14-19;21-12-17-9-8-16(11-19-17)20-15-6-4-13(5-7-15)14-2-1-3-18(22)10-14;9-6-5-11-8(13-10)12-7(6)14-1-3-15-4-2-14/h1-9,14-17,31,35H,10-13H2,(H,29,32,33);1-12,20,22H;5H,1-4,10H2,(H,11,12,13)/b30-16+;;. The number of anilines is 8. The molecule has 21 heteroatoms. The molecule has 10 rings (SSSR count). The van der Waals surface area contributed by atoms with E-state index in [1.807, 2.05) is 89.8 Å². The number of hydrogen-bond donors (Lipinski definition) is 7. The maximum Gasteiger partial charge on any atom is 0.245 e. The molecule has 2 fully saturated rings. The molecule has 8 N–H and O–H groups in total. The van der Waals surface area contributed by atoms with Gasteiger partial charge in [-0.1, -0.05) is 48.5 Å². The number of aromatic nitrogens is 6. The third-order valence-electron chi connectivity index (χ3n) is 11.0. The van der Waals surface area contributed by atoms with Crippen LogP contribution in [0.15, 0.2) is 151 Å². The molecule has 0 amide bonds. The second-order valence-corrected chi connectivity index (χ2v) is 16.0. The minimum absolute atomic E-state index is 0.196. The lowest BCUT2D eigenvalue weighted by Gasteiger charge is -2.27. The molecular weight excluding hydrogens is 939 g/mol. The summed E-state index contributed by atoms with van der Waals surface area (Å²) >= 11 is 0. The Morgan fingerprint density at radius 1 is 0.548 bits per heavy atom. The van der Waals surface area contributed by atoms with Crippen LogP contribution < -0.4 is 37.1 Å². The molecule has 6 heterocycles. The molecule has 0 atom stereocenters. The Kier molecular flexibility index (Phi) is 17.3. The Balaban J connectivity index is 0.000000162. The molecule has 0 bridgehead atoms. The molecule has 0 radical (unpaired) electrons. The number of aldehydes is 1. The molecule has 0 unspecified atom stereocenters. The fourth-order valence-electron chi connectivity index (χ4n) is 7.29. The maximum absolute atomic E-state index is 14.1. The van der Waals surface area contributed by atoms with Crippen molar-refractivity contribution in [2.24, 2.45) is 10.9 Å². The Hall–Kier alpha value is -9.18. The molecular formula is C52H50F2N14O5. The molecule has 2 aliphatic rings. The van der Waals surface area contributed by atoms with Gasteiger partial charge in [0.2, 0.25) is 11.9 Å². The van der Waals surface area contributed by atoms with E-state index >= 15 is 0 Å². The number of hydrazone groups is 1. The van der Waals surface area contributed by atoms with Gasteiger partial charge in [-0.2, -0.15) is 15.1 Å². The number of benzene rings is 4. The zero-order valence-corrected chi connectivity index (χ0v) is 39.1. The normalized spacial score (nSPS) is 13.2. The van der Waals surface area contributed by atoms with E-state index in [4.69, 9.17) is 15.3 Å². The Morgan fingerprint density at radius 2 is 1.00 bits per heavy atom. The van der Waals surface area contributed by atoms with E-state index in [9.17, 15) is 23.8 Å². The van der Waals surface area contributed by atoms with Gasteiger partial charge in [-0.25, -0.2) is 30.0 Å². The van der Waals surface area contributed by atoms with Crippen molar-refractivity contribution in [1.82, 2.24) is 29.9 Å². The first-order chi connectivity index (χ1) is 35.7. The number of hydrogen-bond acceptors (Lipinski definition) is 19. The van der Waals surface area contributed by atoms with Crippen molar-refractivity contribution in [1.29, 1.82) is 0 Å². The average Bonchev–Trinajstić information content (AvgIpc) is 3.43. The number of rotatable bonds is 13. The minimum Gasteiger partial charge on any atom is -0.508 e. The fraction of sp³-hybridized carbons (Fsp3) is 0.154. The Labute approximate surface area is 418 Å². The maximum atomic E-state index is 14.1. The summed E-state index contributed by atoms with van der Waals surface area (Å²) in [6, 6.07) is 37.2. The molecule has 2 aliphatic heterocycles. The van der Waals surface area contributed by atoms with Gasteiger partial charge < -0.3 is 40.1 Å². The van der Waals surface area contributed by atoms with Gasteiger partial charge in [-0.3, -0.25) is 20.2 Å². The summed E-state index contributed by atoms with van der Waals surface area (Å²) in [5, 5.41) is 29.8. The van der Waals surface area contributed by atoms with Crippen molar-refractivity contribution >= 4 is 58.8 Å². The summed E-state index contributed by atoms with van der Waals surface area (Å²) < 4.78 is 38.0. The SMILES string of the molecule is NNc1ncc(F)c(N2CCOCC2)n1.O=Cc1ccc(Nc2ccc(-c3cccc(O)c3)cc2)cn1.Oc1cccc(-c2ccc(Nc3ccc(/C=N/Nc4ncc(F)c(N5CCOCC5)n4)nc3)cc2)c1. The third kappa shape index (κ3) is 14.4. The van der Waals surface area contributed by atoms with Gasteiger partial charge >= 0.3 is 0 Å². The monoisotopic (exact) mass is 988 g/mol. The van der Waals surface area contributed by atoms with Crippen LogP contribution in [-0.2, 0) is 9.47 Å². The predicted octanol–water partition coefficient (Wildman–Crippen LogP) is 8.16. The zero-order chi connectivity index (χ0) is 50.8. The summed E-state index contributed by atoms with van der Waals surface area (Å²) in [6.07, 6.45) is 7.81. The minimum atomic E-state index is -0.481. The highest BCUT2D eigenvalue weighted by Crippen LogP contribution is 2.28. The molecule has 0 spiro atoms. The van der Waals surface area contributed by atoms with Crippen LogP contribution in [0.4, 0.5) is 55.1 Å². The highest BCUT2D eigenvalue weighted by atomic mass is 19.1. The number of ether oxygens (including phenoxy) is 2. The van der Waals surface area contributed by atoms with E-state index in [0.29, 0.717) is 70.3 Å². The summed E-state index contributed by atoms with van der Waals surface area (Å²) in [5.74, 6) is 5.62. The van der Waals surface area contributed by atoms with Crippen LogP contribution in [0, 0.1) is 11.6 Å². The number of aromatic hydroxyl groups is 2. The summed E-state index contributed by atoms with van der Waals surface area (Å²) in [7, 11) is 0. The molecule has 8 aromatic rings. The summed E-state index contributed by atoms with van der Waals surface area (Å²) in [4.78, 5) is 38.4. The number of nitrogens with zero attached hydrogens (tertiary/aromatic N) is 9. The first-order valence-corrected chi connectivity index (χ1v) is 22.9. The number of hydrazine groups is 1. The van der Waals surface area contributed by atoms with Crippen LogP contribution >= 0.6 is 0 Å². The molecule has 19 nitrogen and oxygen atoms in total. The van der Waals surface area contributed by atoms with Gasteiger partial charge in [0.1, 0.15) is 17.2 Å². The van der Waals surface area contributed by atoms with E-state index in [1.54, 1.807) is 53.7 Å². The first kappa shape index (κ1) is 50.2. The molecule has 73 heavy (non-hydrogen) atoms. The van der Waals surface area contributed by atoms with Gasteiger partial charge in [0, 0.05) is 37.6 Å². The van der Waals surface area contributed by atoms with E-state index in [1.165, 1.54) is 6.21 Å². The second kappa shape index (κ2) is 25.1. The van der Waals surface area contributed by atoms with Crippen molar-refractivity contribution < 1.29 is 33.3 Å². The number of nitrogens with two attached hydrogens (primary N) is 1. The largest absolute Gasteiger partial charge is 0.508 e. The van der Waals surface area contributed by atoms with Crippen molar-refractivity contribution in [3.63, 3.8) is 0 Å². The van der Waals surface area contributed by atoms with Gasteiger partial charge in [-0.05, 0) is 95.1 Å². The first-order valence-electron chi connectivity index (χ1n) is 22.9. The van der Waals surface area contributed by atoms with Crippen molar-refractivity contribution in [2.45, 2.75) is 0 Å². The van der Waals surface area contributed by atoms with Gasteiger partial charge in [-0.15, -0.1) is 0 Å².